The highest BCUT2D eigenvalue weighted by molar-refractivity contribution is 5.50. The van der Waals surface area contributed by atoms with Crippen molar-refractivity contribution in [2.45, 2.75) is 32.7 Å². The van der Waals surface area contributed by atoms with E-state index in [1.165, 1.54) is 23.3 Å². The second kappa shape index (κ2) is 6.88. The number of nitro groups is 1. The van der Waals surface area contributed by atoms with E-state index in [1.807, 2.05) is 0 Å². The van der Waals surface area contributed by atoms with Crippen LogP contribution in [0.25, 0.3) is 0 Å². The molecule has 0 aliphatic heterocycles. The molecule has 0 spiro atoms. The van der Waals surface area contributed by atoms with Crippen LogP contribution in [0.4, 0.5) is 11.4 Å². The Kier molecular flexibility index (Phi) is 4.93. The fraction of sp³-hybridized carbons (Fsp3) is 0.294. The molecule has 0 bridgehead atoms. The molecule has 1 atom stereocenters. The molecular weight excluding hydrogens is 264 g/mol. The first-order chi connectivity index (χ1) is 10.1. The van der Waals surface area contributed by atoms with E-state index in [9.17, 15) is 10.1 Å². The topological polar surface area (TPSA) is 55.2 Å². The third kappa shape index (κ3) is 4.05. The Morgan fingerprint density at radius 3 is 2.24 bits per heavy atom. The van der Waals surface area contributed by atoms with Crippen LogP contribution in [-0.4, -0.2) is 4.92 Å². The van der Waals surface area contributed by atoms with E-state index in [2.05, 4.69) is 43.4 Å². The van der Waals surface area contributed by atoms with E-state index in [0.717, 1.165) is 18.5 Å². The fourth-order valence-electron chi connectivity index (χ4n) is 2.27. The maximum absolute atomic E-state index is 10.6. The van der Waals surface area contributed by atoms with E-state index in [0.29, 0.717) is 0 Å². The minimum atomic E-state index is -0.389. The van der Waals surface area contributed by atoms with Crippen molar-refractivity contribution in [1.82, 2.24) is 0 Å². The van der Waals surface area contributed by atoms with Crippen LogP contribution in [0.15, 0.2) is 48.5 Å². The average Bonchev–Trinajstić information content (AvgIpc) is 2.49. The number of anilines is 1. The summed E-state index contributed by atoms with van der Waals surface area (Å²) in [6, 6.07) is 15.2. The summed E-state index contributed by atoms with van der Waals surface area (Å²) in [7, 11) is 0. The number of rotatable bonds is 6. The first-order valence-electron chi connectivity index (χ1n) is 7.20. The van der Waals surface area contributed by atoms with Crippen molar-refractivity contribution >= 4 is 11.4 Å². The first kappa shape index (κ1) is 15.0. The predicted molar refractivity (Wildman–Crippen MR) is 85.6 cm³/mol. The van der Waals surface area contributed by atoms with Crippen LogP contribution < -0.4 is 5.32 Å². The van der Waals surface area contributed by atoms with E-state index in [-0.39, 0.29) is 16.7 Å². The molecule has 0 saturated carbocycles. The largest absolute Gasteiger partial charge is 0.379 e. The molecule has 0 fully saturated rings. The van der Waals surface area contributed by atoms with E-state index >= 15 is 0 Å². The number of hydrogen-bond donors (Lipinski definition) is 1. The van der Waals surface area contributed by atoms with Crippen LogP contribution in [-0.2, 0) is 6.42 Å². The number of benzene rings is 2. The standard InChI is InChI=1S/C17H20N2O2/c1-3-4-14-5-7-15(8-6-14)13(2)18-16-9-11-17(12-10-16)19(20)21/h5-13,18H,3-4H2,1-2H3. The average molecular weight is 284 g/mol. The summed E-state index contributed by atoms with van der Waals surface area (Å²) in [4.78, 5) is 10.2. The number of nitro benzene ring substituents is 1. The van der Waals surface area contributed by atoms with E-state index in [4.69, 9.17) is 0 Å². The number of nitrogens with one attached hydrogen (secondary N) is 1. The third-order valence-corrected chi connectivity index (χ3v) is 3.48. The molecule has 0 aliphatic carbocycles. The number of non-ortho nitro benzene ring substituents is 1. The van der Waals surface area contributed by atoms with Gasteiger partial charge < -0.3 is 5.32 Å². The normalized spacial score (nSPS) is 11.9. The zero-order valence-corrected chi connectivity index (χ0v) is 12.4. The summed E-state index contributed by atoms with van der Waals surface area (Å²) in [6.07, 6.45) is 2.25. The molecule has 0 aromatic heterocycles. The Hall–Kier alpha value is -2.36. The quantitative estimate of drug-likeness (QED) is 0.616. The minimum Gasteiger partial charge on any atom is -0.379 e. The van der Waals surface area contributed by atoms with Gasteiger partial charge in [0, 0.05) is 23.9 Å². The van der Waals surface area contributed by atoms with Gasteiger partial charge in [-0.15, -0.1) is 0 Å². The Balaban J connectivity index is 2.03. The van der Waals surface area contributed by atoms with Gasteiger partial charge in [0.25, 0.3) is 5.69 Å². The highest BCUT2D eigenvalue weighted by atomic mass is 16.6. The molecule has 2 aromatic carbocycles. The van der Waals surface area contributed by atoms with Crippen molar-refractivity contribution in [1.29, 1.82) is 0 Å². The highest BCUT2D eigenvalue weighted by Crippen LogP contribution is 2.22. The van der Waals surface area contributed by atoms with Crippen molar-refractivity contribution < 1.29 is 4.92 Å². The lowest BCUT2D eigenvalue weighted by Crippen LogP contribution is -2.06. The number of aryl methyl sites for hydroxylation is 1. The van der Waals surface area contributed by atoms with Gasteiger partial charge in [0.1, 0.15) is 0 Å². The summed E-state index contributed by atoms with van der Waals surface area (Å²) >= 11 is 0. The van der Waals surface area contributed by atoms with E-state index in [1.54, 1.807) is 12.1 Å². The summed E-state index contributed by atoms with van der Waals surface area (Å²) in [6.45, 7) is 4.25. The second-order valence-electron chi connectivity index (χ2n) is 5.16. The molecule has 110 valence electrons. The summed E-state index contributed by atoms with van der Waals surface area (Å²) < 4.78 is 0. The van der Waals surface area contributed by atoms with Crippen molar-refractivity contribution in [3.05, 3.63) is 69.8 Å². The fourth-order valence-corrected chi connectivity index (χ4v) is 2.27. The monoisotopic (exact) mass is 284 g/mol. The van der Waals surface area contributed by atoms with Crippen LogP contribution >= 0.6 is 0 Å². The lowest BCUT2D eigenvalue weighted by Gasteiger charge is -2.16. The molecule has 21 heavy (non-hydrogen) atoms. The summed E-state index contributed by atoms with van der Waals surface area (Å²) in [5, 5.41) is 14.0. The van der Waals surface area contributed by atoms with Gasteiger partial charge in [0.15, 0.2) is 0 Å². The maximum Gasteiger partial charge on any atom is 0.269 e. The summed E-state index contributed by atoms with van der Waals surface area (Å²) in [5.74, 6) is 0. The van der Waals surface area contributed by atoms with Crippen molar-refractivity contribution in [3.63, 3.8) is 0 Å². The van der Waals surface area contributed by atoms with Crippen LogP contribution in [0.2, 0.25) is 0 Å². The van der Waals surface area contributed by atoms with E-state index < -0.39 is 0 Å². The molecule has 2 aromatic rings. The molecule has 4 nitrogen and oxygen atoms in total. The predicted octanol–water partition coefficient (Wildman–Crippen LogP) is 4.72. The van der Waals surface area contributed by atoms with Gasteiger partial charge in [-0.3, -0.25) is 10.1 Å². The van der Waals surface area contributed by atoms with Gasteiger partial charge in [-0.05, 0) is 36.6 Å². The molecule has 0 saturated heterocycles. The van der Waals surface area contributed by atoms with Crippen molar-refractivity contribution in [2.75, 3.05) is 5.32 Å². The number of hydrogen-bond acceptors (Lipinski definition) is 3. The first-order valence-corrected chi connectivity index (χ1v) is 7.20. The van der Waals surface area contributed by atoms with Gasteiger partial charge in [-0.1, -0.05) is 37.6 Å². The van der Waals surface area contributed by atoms with Crippen LogP contribution in [0.3, 0.4) is 0 Å². The molecule has 0 aliphatic rings. The van der Waals surface area contributed by atoms with Crippen LogP contribution in [0, 0.1) is 10.1 Å². The lowest BCUT2D eigenvalue weighted by molar-refractivity contribution is -0.384. The molecule has 1 N–H and O–H groups in total. The Bertz CT molecular complexity index is 591. The third-order valence-electron chi connectivity index (χ3n) is 3.48. The lowest BCUT2D eigenvalue weighted by atomic mass is 10.0. The van der Waals surface area contributed by atoms with Gasteiger partial charge >= 0.3 is 0 Å². The van der Waals surface area contributed by atoms with Gasteiger partial charge in [-0.2, -0.15) is 0 Å². The van der Waals surface area contributed by atoms with Crippen molar-refractivity contribution in [3.8, 4) is 0 Å². The molecule has 0 amide bonds. The minimum absolute atomic E-state index is 0.108. The molecule has 1 unspecified atom stereocenters. The number of nitrogens with zero attached hydrogens (tertiary/aromatic N) is 1. The second-order valence-corrected chi connectivity index (χ2v) is 5.16. The van der Waals surface area contributed by atoms with Gasteiger partial charge in [-0.25, -0.2) is 0 Å². The van der Waals surface area contributed by atoms with Gasteiger partial charge in [0.2, 0.25) is 0 Å². The van der Waals surface area contributed by atoms with Crippen molar-refractivity contribution in [2.24, 2.45) is 0 Å². The molecular formula is C17H20N2O2. The molecule has 0 heterocycles. The van der Waals surface area contributed by atoms with Crippen LogP contribution in [0.1, 0.15) is 37.4 Å². The molecule has 2 rings (SSSR count). The van der Waals surface area contributed by atoms with Gasteiger partial charge in [0.05, 0.1) is 4.92 Å². The smallest absolute Gasteiger partial charge is 0.269 e. The Labute approximate surface area is 125 Å². The highest BCUT2D eigenvalue weighted by Gasteiger charge is 2.07. The SMILES string of the molecule is CCCc1ccc(C(C)Nc2ccc([N+](=O)[O-])cc2)cc1. The zero-order valence-electron chi connectivity index (χ0n) is 12.4. The Morgan fingerprint density at radius 1 is 1.10 bits per heavy atom. The van der Waals surface area contributed by atoms with Crippen LogP contribution in [0.5, 0.6) is 0 Å². The molecule has 4 heteroatoms. The Morgan fingerprint density at radius 2 is 1.71 bits per heavy atom. The zero-order chi connectivity index (χ0) is 15.2. The summed E-state index contributed by atoms with van der Waals surface area (Å²) in [5.41, 5.74) is 3.54. The molecule has 0 radical (unpaired) electrons. The maximum atomic E-state index is 10.6.